The Kier molecular flexibility index (Phi) is 5.29. The van der Waals surface area contributed by atoms with E-state index in [1.54, 1.807) is 25.3 Å². The van der Waals surface area contributed by atoms with E-state index in [9.17, 15) is 9.18 Å². The van der Waals surface area contributed by atoms with E-state index in [0.717, 1.165) is 0 Å². The van der Waals surface area contributed by atoms with Crippen LogP contribution in [0.3, 0.4) is 0 Å². The van der Waals surface area contributed by atoms with Crippen LogP contribution in [-0.4, -0.2) is 29.2 Å². The third-order valence-corrected chi connectivity index (χ3v) is 5.24. The van der Waals surface area contributed by atoms with Crippen LogP contribution in [0.4, 0.5) is 4.39 Å². The topological polar surface area (TPSA) is 63.6 Å². The second kappa shape index (κ2) is 7.45. The molecule has 0 aliphatic carbocycles. The zero-order chi connectivity index (χ0) is 18.0. The van der Waals surface area contributed by atoms with Crippen LogP contribution in [0.25, 0.3) is 0 Å². The van der Waals surface area contributed by atoms with Gasteiger partial charge in [0.05, 0.1) is 12.7 Å². The van der Waals surface area contributed by atoms with Crippen molar-refractivity contribution in [1.29, 1.82) is 0 Å². The third kappa shape index (κ3) is 3.36. The standard InChI is InChI=1S/C17H15BrFN3O2S/c1-9-10(4-3-5-11(9)19)14-13(17(23)24-2)12(8-18)21-15(22-14)16-20-6-7-25-16/h3-7,14H,8H2,1-2H3,(H,21,22)/t14-/m0/s1. The minimum Gasteiger partial charge on any atom is -0.466 e. The largest absolute Gasteiger partial charge is 0.466 e. The van der Waals surface area contributed by atoms with E-state index >= 15 is 0 Å². The van der Waals surface area contributed by atoms with Gasteiger partial charge in [-0.05, 0) is 24.1 Å². The molecular formula is C17H15BrFN3O2S. The lowest BCUT2D eigenvalue weighted by Gasteiger charge is -2.27. The Hall–Kier alpha value is -2.06. The molecule has 1 aliphatic rings. The molecule has 0 amide bonds. The predicted octanol–water partition coefficient (Wildman–Crippen LogP) is 3.50. The number of aliphatic imine (C=N–C) groups is 1. The van der Waals surface area contributed by atoms with Crippen molar-refractivity contribution in [1.82, 2.24) is 10.3 Å². The maximum Gasteiger partial charge on any atom is 0.338 e. The lowest BCUT2D eigenvalue weighted by Crippen LogP contribution is -2.34. The van der Waals surface area contributed by atoms with Gasteiger partial charge in [0.15, 0.2) is 10.8 Å². The number of benzene rings is 1. The van der Waals surface area contributed by atoms with Crippen molar-refractivity contribution in [3.8, 4) is 0 Å². The zero-order valence-electron chi connectivity index (χ0n) is 13.5. The van der Waals surface area contributed by atoms with Crippen LogP contribution in [0.1, 0.15) is 22.2 Å². The van der Waals surface area contributed by atoms with Crippen LogP contribution in [0.15, 0.2) is 46.0 Å². The Morgan fingerprint density at radius 3 is 2.92 bits per heavy atom. The van der Waals surface area contributed by atoms with Gasteiger partial charge in [0.25, 0.3) is 0 Å². The molecule has 3 rings (SSSR count). The summed E-state index contributed by atoms with van der Waals surface area (Å²) in [5.41, 5.74) is 2.05. The highest BCUT2D eigenvalue weighted by molar-refractivity contribution is 9.09. The van der Waals surface area contributed by atoms with E-state index in [1.165, 1.54) is 24.5 Å². The highest BCUT2D eigenvalue weighted by Crippen LogP contribution is 2.35. The molecule has 0 radical (unpaired) electrons. The summed E-state index contributed by atoms with van der Waals surface area (Å²) in [5.74, 6) is -0.296. The Balaban J connectivity index is 2.19. The van der Waals surface area contributed by atoms with Gasteiger partial charge in [0.2, 0.25) is 0 Å². The molecule has 25 heavy (non-hydrogen) atoms. The van der Waals surface area contributed by atoms with E-state index < -0.39 is 12.0 Å². The number of aromatic nitrogens is 1. The Bertz CT molecular complexity index is 865. The van der Waals surface area contributed by atoms with Gasteiger partial charge in [0.1, 0.15) is 11.9 Å². The second-order valence-corrected chi connectivity index (χ2v) is 6.77. The monoisotopic (exact) mass is 423 g/mol. The fraction of sp³-hybridized carbons (Fsp3) is 0.235. The van der Waals surface area contributed by atoms with Crippen molar-refractivity contribution in [3.63, 3.8) is 0 Å². The number of carbonyl (C=O) groups excluding carboxylic acids is 1. The summed E-state index contributed by atoms with van der Waals surface area (Å²) in [5, 5.41) is 6.07. The average molecular weight is 424 g/mol. The number of hydrogen-bond acceptors (Lipinski definition) is 6. The first-order valence-electron chi connectivity index (χ1n) is 7.43. The van der Waals surface area contributed by atoms with Crippen molar-refractivity contribution >= 4 is 39.1 Å². The van der Waals surface area contributed by atoms with Crippen LogP contribution < -0.4 is 5.32 Å². The summed E-state index contributed by atoms with van der Waals surface area (Å²) < 4.78 is 19.0. The van der Waals surface area contributed by atoms with E-state index in [-0.39, 0.29) is 5.82 Å². The highest BCUT2D eigenvalue weighted by Gasteiger charge is 2.33. The molecule has 5 nitrogen and oxygen atoms in total. The van der Waals surface area contributed by atoms with E-state index in [4.69, 9.17) is 4.74 Å². The number of amidine groups is 1. The second-order valence-electron chi connectivity index (χ2n) is 5.31. The first-order chi connectivity index (χ1) is 12.1. The van der Waals surface area contributed by atoms with Crippen molar-refractivity contribution in [2.75, 3.05) is 12.4 Å². The summed E-state index contributed by atoms with van der Waals surface area (Å²) >= 11 is 4.83. The summed E-state index contributed by atoms with van der Waals surface area (Å²) in [6.45, 7) is 1.67. The predicted molar refractivity (Wildman–Crippen MR) is 98.5 cm³/mol. The number of hydrogen-bond donors (Lipinski definition) is 1. The number of alkyl halides is 1. The molecule has 0 unspecified atom stereocenters. The zero-order valence-corrected chi connectivity index (χ0v) is 15.9. The minimum absolute atomic E-state index is 0.341. The van der Waals surface area contributed by atoms with Gasteiger partial charge in [-0.3, -0.25) is 4.99 Å². The maximum absolute atomic E-state index is 14.1. The quantitative estimate of drug-likeness (QED) is 0.603. The molecule has 0 fully saturated rings. The molecule has 8 heteroatoms. The summed E-state index contributed by atoms with van der Waals surface area (Å²) in [6, 6.07) is 4.10. The van der Waals surface area contributed by atoms with Crippen LogP contribution in [0.5, 0.6) is 0 Å². The van der Waals surface area contributed by atoms with Crippen LogP contribution >= 0.6 is 27.3 Å². The van der Waals surface area contributed by atoms with Crippen LogP contribution in [0, 0.1) is 12.7 Å². The van der Waals surface area contributed by atoms with Gasteiger partial charge in [-0.2, -0.15) is 0 Å². The first-order valence-corrected chi connectivity index (χ1v) is 9.44. The third-order valence-electron chi connectivity index (χ3n) is 3.90. The van der Waals surface area contributed by atoms with Crippen molar-refractivity contribution in [2.45, 2.75) is 13.0 Å². The van der Waals surface area contributed by atoms with Crippen LogP contribution in [0.2, 0.25) is 0 Å². The number of esters is 1. The molecule has 1 aliphatic heterocycles. The molecular weight excluding hydrogens is 409 g/mol. The molecule has 0 saturated heterocycles. The number of halogens is 2. The van der Waals surface area contributed by atoms with E-state index in [2.05, 4.69) is 31.2 Å². The number of rotatable bonds is 4. The molecule has 1 N–H and O–H groups in total. The lowest BCUT2D eigenvalue weighted by atomic mass is 9.92. The Labute approximate surface area is 156 Å². The van der Waals surface area contributed by atoms with E-state index in [1.807, 2.05) is 5.38 Å². The molecule has 0 bridgehead atoms. The molecule has 0 saturated carbocycles. The average Bonchev–Trinajstić information content (AvgIpc) is 3.17. The molecule has 0 spiro atoms. The van der Waals surface area contributed by atoms with E-state index in [0.29, 0.717) is 38.6 Å². The SMILES string of the molecule is COC(=O)C1=C(CBr)NC(c2nccs2)=N[C@H]1c1cccc(F)c1C. The number of carbonyl (C=O) groups is 1. The highest BCUT2D eigenvalue weighted by atomic mass is 79.9. The Morgan fingerprint density at radius 2 is 2.28 bits per heavy atom. The fourth-order valence-corrected chi connectivity index (χ4v) is 3.68. The fourth-order valence-electron chi connectivity index (χ4n) is 2.65. The summed E-state index contributed by atoms with van der Waals surface area (Å²) in [6.07, 6.45) is 1.68. The number of nitrogens with zero attached hydrogens (tertiary/aromatic N) is 2. The molecule has 2 aromatic rings. The number of nitrogens with one attached hydrogen (secondary N) is 1. The number of methoxy groups -OCH3 is 1. The van der Waals surface area contributed by atoms with Crippen molar-refractivity contribution in [2.24, 2.45) is 4.99 Å². The maximum atomic E-state index is 14.1. The van der Waals surface area contributed by atoms with Crippen LogP contribution in [-0.2, 0) is 9.53 Å². The molecule has 1 atom stereocenters. The molecule has 130 valence electrons. The first kappa shape index (κ1) is 17.8. The number of allylic oxidation sites excluding steroid dienone is 1. The number of thiazole rings is 1. The van der Waals surface area contributed by atoms with Crippen molar-refractivity contribution < 1.29 is 13.9 Å². The molecule has 1 aromatic heterocycles. The summed E-state index contributed by atoms with van der Waals surface area (Å²) in [4.78, 5) is 21.3. The van der Waals surface area contributed by atoms with Gasteiger partial charge in [0, 0.05) is 22.6 Å². The lowest BCUT2D eigenvalue weighted by molar-refractivity contribution is -0.136. The van der Waals surface area contributed by atoms with Gasteiger partial charge in [-0.25, -0.2) is 14.2 Å². The molecule has 1 aromatic carbocycles. The van der Waals surface area contributed by atoms with Gasteiger partial charge >= 0.3 is 5.97 Å². The Morgan fingerprint density at radius 1 is 1.48 bits per heavy atom. The van der Waals surface area contributed by atoms with Crippen molar-refractivity contribution in [3.05, 3.63) is 63.0 Å². The molecule has 2 heterocycles. The smallest absolute Gasteiger partial charge is 0.338 e. The van der Waals surface area contributed by atoms with Gasteiger partial charge in [-0.15, -0.1) is 11.3 Å². The normalized spacial score (nSPS) is 17.1. The van der Waals surface area contributed by atoms with Gasteiger partial charge < -0.3 is 10.1 Å². The minimum atomic E-state index is -0.671. The number of ether oxygens (including phenoxy) is 1. The summed E-state index contributed by atoms with van der Waals surface area (Å²) in [7, 11) is 1.32. The van der Waals surface area contributed by atoms with Gasteiger partial charge in [-0.1, -0.05) is 28.1 Å².